The van der Waals surface area contributed by atoms with E-state index in [0.717, 1.165) is 36.2 Å². The molecule has 3 heterocycles. The fourth-order valence-electron chi connectivity index (χ4n) is 4.57. The molecule has 8 heteroatoms. The van der Waals surface area contributed by atoms with Gasteiger partial charge in [0.15, 0.2) is 0 Å². The number of nitrogens with zero attached hydrogens (tertiary/aromatic N) is 3. The Morgan fingerprint density at radius 2 is 1.79 bits per heavy atom. The maximum absolute atomic E-state index is 13.5. The molecule has 1 saturated heterocycles. The highest BCUT2D eigenvalue weighted by molar-refractivity contribution is 5.96. The van der Waals surface area contributed by atoms with Crippen molar-refractivity contribution in [1.29, 1.82) is 0 Å². The van der Waals surface area contributed by atoms with Crippen LogP contribution in [-0.4, -0.2) is 29.0 Å². The molecule has 2 aromatic heterocycles. The number of rotatable bonds is 7. The van der Waals surface area contributed by atoms with Crippen LogP contribution in [0.2, 0.25) is 0 Å². The Kier molecular flexibility index (Phi) is 7.58. The Hall–Kier alpha value is -4.33. The highest BCUT2D eigenvalue weighted by Crippen LogP contribution is 2.30. The van der Waals surface area contributed by atoms with Gasteiger partial charge < -0.3 is 15.0 Å². The first-order chi connectivity index (χ1) is 18.5. The zero-order valence-corrected chi connectivity index (χ0v) is 21.1. The molecule has 1 N–H and O–H groups in total. The van der Waals surface area contributed by atoms with Crippen LogP contribution in [0.25, 0.3) is 11.3 Å². The maximum Gasteiger partial charge on any atom is 0.251 e. The summed E-state index contributed by atoms with van der Waals surface area (Å²) in [5.74, 6) is 0.329. The second-order valence-electron chi connectivity index (χ2n) is 9.32. The summed E-state index contributed by atoms with van der Waals surface area (Å²) in [6.45, 7) is 3.86. The quantitative estimate of drug-likeness (QED) is 0.296. The van der Waals surface area contributed by atoms with E-state index in [9.17, 15) is 13.6 Å². The van der Waals surface area contributed by atoms with Crippen molar-refractivity contribution < 1.29 is 19.7 Å². The smallest absolute Gasteiger partial charge is 0.251 e. The van der Waals surface area contributed by atoms with Gasteiger partial charge in [0.25, 0.3) is 5.91 Å². The molecular formula is C30H30F2N4O2. The van der Waals surface area contributed by atoms with E-state index in [1.165, 1.54) is 31.4 Å². The van der Waals surface area contributed by atoms with Crippen molar-refractivity contribution in [3.8, 4) is 22.8 Å². The van der Waals surface area contributed by atoms with E-state index < -0.39 is 11.6 Å². The summed E-state index contributed by atoms with van der Waals surface area (Å²) in [5.41, 5.74) is 3.00. The van der Waals surface area contributed by atoms with Crippen LogP contribution >= 0.6 is 0 Å². The summed E-state index contributed by atoms with van der Waals surface area (Å²) in [6, 6.07) is 16.0. The lowest BCUT2D eigenvalue weighted by molar-refractivity contribution is 0.0949. The molecule has 0 spiro atoms. The van der Waals surface area contributed by atoms with Crippen molar-refractivity contribution in [3.63, 3.8) is 0 Å². The average molecular weight is 517 g/mol. The van der Waals surface area contributed by atoms with Crippen molar-refractivity contribution in [2.45, 2.75) is 32.7 Å². The van der Waals surface area contributed by atoms with E-state index in [1.807, 2.05) is 24.4 Å². The van der Waals surface area contributed by atoms with Gasteiger partial charge in [-0.15, -0.1) is 0 Å². The normalized spacial score (nSPS) is 13.3. The number of benzene rings is 2. The molecule has 0 atom stereocenters. The molecule has 1 aliphatic heterocycles. The van der Waals surface area contributed by atoms with Gasteiger partial charge in [0.05, 0.1) is 5.69 Å². The number of carbonyl (C=O) groups is 1. The molecule has 4 aromatic rings. The third-order valence-corrected chi connectivity index (χ3v) is 6.59. The number of nitrogens with one attached hydrogen (secondary N) is 1. The Labute approximate surface area is 221 Å². The lowest BCUT2D eigenvalue weighted by atomic mass is 10.1. The largest absolute Gasteiger partial charge is 0.457 e. The topological polar surface area (TPSA) is 67.3 Å². The minimum atomic E-state index is -0.689. The predicted molar refractivity (Wildman–Crippen MR) is 144 cm³/mol. The molecule has 6 nitrogen and oxygen atoms in total. The fraction of sp³-hybridized carbons (Fsp3) is 0.233. The molecule has 196 valence electrons. The molecule has 0 saturated carbocycles. The maximum atomic E-state index is 13.5. The van der Waals surface area contributed by atoms with Crippen LogP contribution in [0.3, 0.4) is 0 Å². The lowest BCUT2D eigenvalue weighted by Crippen LogP contribution is -2.29. The third kappa shape index (κ3) is 5.96. The lowest BCUT2D eigenvalue weighted by Gasteiger charge is -2.27. The molecule has 1 fully saturated rings. The van der Waals surface area contributed by atoms with Gasteiger partial charge in [-0.05, 0) is 74.2 Å². The number of halogens is 2. The van der Waals surface area contributed by atoms with Crippen molar-refractivity contribution in [1.82, 2.24) is 15.3 Å². The fourth-order valence-corrected chi connectivity index (χ4v) is 4.57. The van der Waals surface area contributed by atoms with Gasteiger partial charge in [0, 0.05) is 62.3 Å². The van der Waals surface area contributed by atoms with Crippen LogP contribution in [0.15, 0.2) is 73.1 Å². The van der Waals surface area contributed by atoms with E-state index in [-0.39, 0.29) is 13.9 Å². The molecule has 1 aliphatic rings. The zero-order valence-electron chi connectivity index (χ0n) is 21.1. The summed E-state index contributed by atoms with van der Waals surface area (Å²) in [4.78, 5) is 24.2. The monoisotopic (exact) mass is 516 g/mol. The van der Waals surface area contributed by atoms with E-state index in [1.54, 1.807) is 37.4 Å². The van der Waals surface area contributed by atoms with Crippen molar-refractivity contribution in [2.75, 3.05) is 18.0 Å². The number of ether oxygens (including phenoxy) is 1. The molecular weight excluding hydrogens is 486 g/mol. The van der Waals surface area contributed by atoms with Gasteiger partial charge >= 0.3 is 0 Å². The van der Waals surface area contributed by atoms with Gasteiger partial charge in [-0.3, -0.25) is 9.78 Å². The highest BCUT2D eigenvalue weighted by atomic mass is 19.1. The Balaban J connectivity index is 0.00000353. The first-order valence-electron chi connectivity index (χ1n) is 12.6. The summed E-state index contributed by atoms with van der Waals surface area (Å²) in [7, 11) is 0. The van der Waals surface area contributed by atoms with E-state index in [0.29, 0.717) is 28.2 Å². The summed E-state index contributed by atoms with van der Waals surface area (Å²) < 4.78 is 33.0. The second-order valence-corrected chi connectivity index (χ2v) is 9.32. The molecule has 2 aromatic carbocycles. The van der Waals surface area contributed by atoms with Crippen LogP contribution in [-0.2, 0) is 6.54 Å². The Morgan fingerprint density at radius 3 is 2.53 bits per heavy atom. The van der Waals surface area contributed by atoms with Crippen LogP contribution < -0.4 is 15.0 Å². The minimum Gasteiger partial charge on any atom is -0.457 e. The minimum absolute atomic E-state index is 0. The molecule has 0 unspecified atom stereocenters. The molecule has 1 amide bonds. The van der Waals surface area contributed by atoms with Crippen LogP contribution in [0.5, 0.6) is 11.5 Å². The van der Waals surface area contributed by atoms with Crippen molar-refractivity contribution >= 4 is 11.7 Å². The summed E-state index contributed by atoms with van der Waals surface area (Å²) in [5, 5.41) is 2.71. The Bertz CT molecular complexity index is 1420. The third-order valence-electron chi connectivity index (χ3n) is 6.59. The Morgan fingerprint density at radius 1 is 1.00 bits per heavy atom. The van der Waals surface area contributed by atoms with Gasteiger partial charge in [0.2, 0.25) is 0 Å². The number of carbonyl (C=O) groups excluding carboxylic acids is 1. The van der Waals surface area contributed by atoms with Crippen molar-refractivity contribution in [2.24, 2.45) is 0 Å². The number of hydrogen-bond donors (Lipinski definition) is 1. The first-order valence-corrected chi connectivity index (χ1v) is 12.6. The SMILES string of the molecule is Cc1c(Oc2ccnc(-c3ccc(N4CCCCC4)nc3)c2)cccc1C(=O)NCc1cc(F)cc(F)c1.[HH]. The van der Waals surface area contributed by atoms with Crippen molar-refractivity contribution in [3.05, 3.63) is 101 Å². The van der Waals surface area contributed by atoms with E-state index in [4.69, 9.17) is 4.74 Å². The van der Waals surface area contributed by atoms with Crippen LogP contribution in [0.4, 0.5) is 14.6 Å². The molecule has 0 aliphatic carbocycles. The van der Waals surface area contributed by atoms with Crippen LogP contribution in [0, 0.1) is 18.6 Å². The van der Waals surface area contributed by atoms with Gasteiger partial charge in [-0.1, -0.05) is 6.07 Å². The second kappa shape index (κ2) is 11.4. The number of piperidine rings is 1. The standard InChI is InChI=1S/C30H28F2N4O2.H2/c1-20-26(30(37)35-18-21-14-23(31)16-24(32)15-21)6-5-7-28(20)38-25-10-11-33-27(17-25)22-8-9-29(34-19-22)36-12-3-2-4-13-36;/h5-11,14-17,19H,2-4,12-13,18H2,1H3,(H,35,37);1H. The highest BCUT2D eigenvalue weighted by Gasteiger charge is 2.15. The first kappa shape index (κ1) is 25.3. The molecule has 0 bridgehead atoms. The van der Waals surface area contributed by atoms with Gasteiger partial charge in [-0.2, -0.15) is 0 Å². The summed E-state index contributed by atoms with van der Waals surface area (Å²) in [6.07, 6.45) is 7.16. The molecule has 38 heavy (non-hydrogen) atoms. The summed E-state index contributed by atoms with van der Waals surface area (Å²) >= 11 is 0. The van der Waals surface area contributed by atoms with Gasteiger partial charge in [0.1, 0.15) is 29.0 Å². The van der Waals surface area contributed by atoms with Gasteiger partial charge in [-0.25, -0.2) is 13.8 Å². The number of anilines is 1. The number of pyridine rings is 2. The number of aromatic nitrogens is 2. The van der Waals surface area contributed by atoms with Crippen LogP contribution in [0.1, 0.15) is 42.2 Å². The predicted octanol–water partition coefficient (Wildman–Crippen LogP) is 6.69. The average Bonchev–Trinajstić information content (AvgIpc) is 2.93. The zero-order chi connectivity index (χ0) is 26.5. The number of hydrogen-bond acceptors (Lipinski definition) is 5. The molecule has 5 rings (SSSR count). The van der Waals surface area contributed by atoms with E-state index in [2.05, 4.69) is 20.2 Å². The number of amides is 1. The van der Waals surface area contributed by atoms with E-state index >= 15 is 0 Å². The molecule has 0 radical (unpaired) electrons.